The number of benzene rings is 5. The zero-order chi connectivity index (χ0) is 36.9. The molecule has 2 atom stereocenters. The molecule has 9 nitrogen and oxygen atoms in total. The standard InChI is InChI=1S/C43H45N3O6/c1-43(2,3)52-42(50)44-28-32-15-12-18-35(26-32)40(48)46-38(27-31-21-23-33-16-10-11-17-34(33)25-31)41(49)45-37(24-22-30-13-6-4-7-14-30)39(47)29-51-36-19-8-5-9-20-36/h4-21,23,25-26,37-38H,22,24,27-29H2,1-3H3,(H,44,50)(H,45,49)(H,46,48)/t37-,38-/m0/s1. The molecule has 5 aromatic rings. The minimum atomic E-state index is -1.01. The van der Waals surface area contributed by atoms with Crippen molar-refractivity contribution in [3.05, 3.63) is 150 Å². The van der Waals surface area contributed by atoms with Crippen molar-refractivity contribution >= 4 is 34.5 Å². The molecule has 0 aliphatic heterocycles. The van der Waals surface area contributed by atoms with Crippen LogP contribution in [-0.4, -0.2) is 48.0 Å². The number of nitrogens with one attached hydrogen (secondary N) is 3. The molecule has 0 radical (unpaired) electrons. The monoisotopic (exact) mass is 699 g/mol. The fourth-order valence-corrected chi connectivity index (χ4v) is 5.68. The van der Waals surface area contributed by atoms with E-state index in [-0.39, 0.29) is 25.4 Å². The number of carbonyl (C=O) groups excluding carboxylic acids is 4. The van der Waals surface area contributed by atoms with Crippen molar-refractivity contribution in [3.8, 4) is 5.75 Å². The van der Waals surface area contributed by atoms with E-state index in [0.717, 1.165) is 21.9 Å². The minimum Gasteiger partial charge on any atom is -0.486 e. The zero-order valence-corrected chi connectivity index (χ0v) is 29.8. The molecular weight excluding hydrogens is 654 g/mol. The fourth-order valence-electron chi connectivity index (χ4n) is 5.68. The molecule has 3 N–H and O–H groups in total. The first-order valence-electron chi connectivity index (χ1n) is 17.4. The lowest BCUT2D eigenvalue weighted by atomic mass is 9.99. The first kappa shape index (κ1) is 37.3. The molecule has 5 aromatic carbocycles. The molecule has 0 bridgehead atoms. The van der Waals surface area contributed by atoms with E-state index in [1.165, 1.54) is 0 Å². The van der Waals surface area contributed by atoms with E-state index in [1.54, 1.807) is 57.2 Å². The summed E-state index contributed by atoms with van der Waals surface area (Å²) >= 11 is 0. The lowest BCUT2D eigenvalue weighted by Crippen LogP contribution is -2.53. The van der Waals surface area contributed by atoms with Crippen LogP contribution in [0.2, 0.25) is 0 Å². The lowest BCUT2D eigenvalue weighted by Gasteiger charge is -2.24. The molecule has 0 saturated heterocycles. The number of rotatable bonds is 15. The van der Waals surface area contributed by atoms with Gasteiger partial charge in [-0.15, -0.1) is 0 Å². The average Bonchev–Trinajstić information content (AvgIpc) is 3.14. The summed E-state index contributed by atoms with van der Waals surface area (Å²) in [7, 11) is 0. The van der Waals surface area contributed by atoms with Crippen LogP contribution in [0.4, 0.5) is 4.79 Å². The van der Waals surface area contributed by atoms with Crippen molar-refractivity contribution < 1.29 is 28.7 Å². The predicted octanol–water partition coefficient (Wildman–Crippen LogP) is 6.97. The second kappa shape index (κ2) is 17.8. The van der Waals surface area contributed by atoms with Crippen LogP contribution in [0.15, 0.2) is 127 Å². The Morgan fingerprint density at radius 1 is 0.654 bits per heavy atom. The fraction of sp³-hybridized carbons (Fsp3) is 0.256. The summed E-state index contributed by atoms with van der Waals surface area (Å²) in [6.45, 7) is 5.26. The predicted molar refractivity (Wildman–Crippen MR) is 202 cm³/mol. The number of alkyl carbamates (subject to hydrolysis) is 1. The van der Waals surface area contributed by atoms with Crippen molar-refractivity contribution in [1.82, 2.24) is 16.0 Å². The van der Waals surface area contributed by atoms with E-state index in [0.29, 0.717) is 29.7 Å². The van der Waals surface area contributed by atoms with Gasteiger partial charge in [0.25, 0.3) is 5.91 Å². The summed E-state index contributed by atoms with van der Waals surface area (Å²) in [6, 6.07) is 37.5. The largest absolute Gasteiger partial charge is 0.486 e. The van der Waals surface area contributed by atoms with Gasteiger partial charge < -0.3 is 25.4 Å². The van der Waals surface area contributed by atoms with E-state index in [1.807, 2.05) is 91.0 Å². The van der Waals surface area contributed by atoms with E-state index in [9.17, 15) is 19.2 Å². The summed E-state index contributed by atoms with van der Waals surface area (Å²) in [5.41, 5.74) is 2.22. The Morgan fingerprint density at radius 2 is 1.33 bits per heavy atom. The van der Waals surface area contributed by atoms with E-state index in [2.05, 4.69) is 16.0 Å². The van der Waals surface area contributed by atoms with Crippen LogP contribution in [0.25, 0.3) is 10.8 Å². The molecule has 0 spiro atoms. The maximum Gasteiger partial charge on any atom is 0.407 e. The number of ketones is 1. The van der Waals surface area contributed by atoms with Crippen molar-refractivity contribution in [3.63, 3.8) is 0 Å². The molecule has 9 heteroatoms. The van der Waals surface area contributed by atoms with Crippen LogP contribution in [0.5, 0.6) is 5.75 Å². The SMILES string of the molecule is CC(C)(C)OC(=O)NCc1cccc(C(=O)N[C@@H](Cc2ccc3ccccc3c2)C(=O)N[C@@H](CCc2ccccc2)C(=O)COc2ccccc2)c1. The number of Topliss-reactive ketones (excluding diaryl/α,β-unsaturated/α-hetero) is 1. The number of hydrogen-bond acceptors (Lipinski definition) is 6. The maximum atomic E-state index is 14.2. The topological polar surface area (TPSA) is 123 Å². The smallest absolute Gasteiger partial charge is 0.407 e. The van der Waals surface area contributed by atoms with Crippen LogP contribution in [-0.2, 0) is 33.7 Å². The highest BCUT2D eigenvalue weighted by molar-refractivity contribution is 5.99. The van der Waals surface area contributed by atoms with Crippen LogP contribution >= 0.6 is 0 Å². The number of hydrogen-bond donors (Lipinski definition) is 3. The summed E-state index contributed by atoms with van der Waals surface area (Å²) in [5, 5.41) is 10.6. The van der Waals surface area contributed by atoms with Gasteiger partial charge >= 0.3 is 6.09 Å². The summed E-state index contributed by atoms with van der Waals surface area (Å²) in [4.78, 5) is 53.7. The molecule has 0 aromatic heterocycles. The van der Waals surface area contributed by atoms with Gasteiger partial charge in [0.2, 0.25) is 5.91 Å². The average molecular weight is 700 g/mol. The molecule has 0 aliphatic carbocycles. The molecular formula is C43H45N3O6. The molecule has 3 amide bonds. The number of fused-ring (bicyclic) bond motifs is 1. The Morgan fingerprint density at radius 3 is 2.06 bits per heavy atom. The summed E-state index contributed by atoms with van der Waals surface area (Å²) < 4.78 is 11.1. The maximum absolute atomic E-state index is 14.2. The van der Waals surface area contributed by atoms with Gasteiger partial charge in [-0.1, -0.05) is 103 Å². The number of ether oxygens (including phenoxy) is 2. The van der Waals surface area contributed by atoms with Gasteiger partial charge in [-0.25, -0.2) is 4.79 Å². The first-order valence-corrected chi connectivity index (χ1v) is 17.4. The third-order valence-corrected chi connectivity index (χ3v) is 8.29. The number of para-hydroxylation sites is 1. The summed E-state index contributed by atoms with van der Waals surface area (Å²) in [6.07, 6.45) is 0.507. The second-order valence-corrected chi connectivity index (χ2v) is 13.6. The quantitative estimate of drug-likeness (QED) is 0.109. The minimum absolute atomic E-state index is 0.146. The molecule has 268 valence electrons. The van der Waals surface area contributed by atoms with E-state index < -0.39 is 35.6 Å². The Bertz CT molecular complexity index is 1970. The van der Waals surface area contributed by atoms with Gasteiger partial charge in [0.05, 0.1) is 6.04 Å². The first-order chi connectivity index (χ1) is 25.0. The number of aryl methyl sites for hydroxylation is 1. The number of carbonyl (C=O) groups is 4. The highest BCUT2D eigenvalue weighted by Crippen LogP contribution is 2.18. The van der Waals surface area contributed by atoms with E-state index in [4.69, 9.17) is 9.47 Å². The van der Waals surface area contributed by atoms with Crippen LogP contribution in [0, 0.1) is 0 Å². The van der Waals surface area contributed by atoms with Crippen LogP contribution in [0.3, 0.4) is 0 Å². The van der Waals surface area contributed by atoms with Crippen molar-refractivity contribution in [2.45, 2.75) is 64.3 Å². The second-order valence-electron chi connectivity index (χ2n) is 13.6. The molecule has 0 aliphatic rings. The molecule has 0 unspecified atom stereocenters. The molecule has 5 rings (SSSR count). The highest BCUT2D eigenvalue weighted by atomic mass is 16.6. The Hall–Kier alpha value is -5.96. The van der Waals surface area contributed by atoms with Crippen LogP contribution < -0.4 is 20.7 Å². The van der Waals surface area contributed by atoms with Gasteiger partial charge in [0.15, 0.2) is 5.78 Å². The van der Waals surface area contributed by atoms with Gasteiger partial charge in [-0.2, -0.15) is 0 Å². The normalized spacial score (nSPS) is 12.3. The molecule has 0 heterocycles. The molecule has 0 fully saturated rings. The van der Waals surface area contributed by atoms with Crippen LogP contribution in [0.1, 0.15) is 54.2 Å². The van der Waals surface area contributed by atoms with Crippen molar-refractivity contribution in [2.24, 2.45) is 0 Å². The van der Waals surface area contributed by atoms with Gasteiger partial charge in [-0.3, -0.25) is 14.4 Å². The Labute approximate surface area is 304 Å². The zero-order valence-electron chi connectivity index (χ0n) is 29.8. The third kappa shape index (κ3) is 11.6. The van der Waals surface area contributed by atoms with Crippen molar-refractivity contribution in [2.75, 3.05) is 6.61 Å². The highest BCUT2D eigenvalue weighted by Gasteiger charge is 2.28. The van der Waals surface area contributed by atoms with Gasteiger partial charge in [0.1, 0.15) is 24.0 Å². The molecule has 52 heavy (non-hydrogen) atoms. The number of amides is 3. The lowest BCUT2D eigenvalue weighted by molar-refractivity contribution is -0.130. The third-order valence-electron chi connectivity index (χ3n) is 8.29. The van der Waals surface area contributed by atoms with Gasteiger partial charge in [-0.05, 0) is 85.3 Å². The van der Waals surface area contributed by atoms with Gasteiger partial charge in [0, 0.05) is 18.5 Å². The van der Waals surface area contributed by atoms with Crippen molar-refractivity contribution in [1.29, 1.82) is 0 Å². The molecule has 0 saturated carbocycles. The Kier molecular flexibility index (Phi) is 12.8. The summed E-state index contributed by atoms with van der Waals surface area (Å²) in [5.74, 6) is -0.696. The van der Waals surface area contributed by atoms with E-state index >= 15 is 0 Å². The Balaban J connectivity index is 1.35.